The molecular formula is C30H24FN7O3S2. The number of methoxy groups -OCH3 is 1. The van der Waals surface area contributed by atoms with Crippen molar-refractivity contribution in [3.63, 3.8) is 0 Å². The summed E-state index contributed by atoms with van der Waals surface area (Å²) in [7, 11) is 1.58. The molecule has 6 aromatic rings. The molecule has 0 aliphatic heterocycles. The van der Waals surface area contributed by atoms with E-state index in [2.05, 4.69) is 15.5 Å². The molecule has 0 unspecified atom stereocenters. The molecular weight excluding hydrogens is 590 g/mol. The van der Waals surface area contributed by atoms with Crippen LogP contribution in [0, 0.1) is 18.2 Å². The number of thioether (sulfide) groups is 1. The maximum Gasteiger partial charge on any atom is 0.267 e. The zero-order valence-electron chi connectivity index (χ0n) is 23.0. The summed E-state index contributed by atoms with van der Waals surface area (Å²) in [5.41, 5.74) is 2.41. The summed E-state index contributed by atoms with van der Waals surface area (Å²) in [5.74, 6) is 0.112. The number of rotatable bonds is 8. The number of fused-ring (bicyclic) bond motifs is 2. The van der Waals surface area contributed by atoms with E-state index in [-0.39, 0.29) is 39.5 Å². The third kappa shape index (κ3) is 5.64. The Labute approximate surface area is 252 Å². The van der Waals surface area contributed by atoms with Crippen LogP contribution >= 0.6 is 23.1 Å². The molecule has 4 aromatic heterocycles. The van der Waals surface area contributed by atoms with Gasteiger partial charge in [-0.3, -0.25) is 24.7 Å². The number of amides is 1. The van der Waals surface area contributed by atoms with Gasteiger partial charge in [0, 0.05) is 11.9 Å². The Morgan fingerprint density at radius 3 is 2.65 bits per heavy atom. The molecule has 0 atom stereocenters. The van der Waals surface area contributed by atoms with Gasteiger partial charge in [-0.2, -0.15) is 0 Å². The molecule has 4 heterocycles. The third-order valence-electron chi connectivity index (χ3n) is 6.81. The van der Waals surface area contributed by atoms with Gasteiger partial charge in [-0.05, 0) is 53.9 Å². The number of hydrogen-bond donors (Lipinski definition) is 2. The number of halogens is 1. The molecule has 216 valence electrons. The van der Waals surface area contributed by atoms with E-state index in [1.807, 2.05) is 25.1 Å². The van der Waals surface area contributed by atoms with Crippen LogP contribution in [-0.4, -0.2) is 37.2 Å². The Morgan fingerprint density at radius 1 is 1.09 bits per heavy atom. The summed E-state index contributed by atoms with van der Waals surface area (Å²) in [6.07, 6.45) is 1.63. The third-order valence-corrected chi connectivity index (χ3v) is 8.83. The topological polar surface area (TPSA) is 127 Å². The van der Waals surface area contributed by atoms with Crippen molar-refractivity contribution in [1.29, 1.82) is 5.41 Å². The first-order chi connectivity index (χ1) is 20.8. The molecule has 2 aromatic carbocycles. The lowest BCUT2D eigenvalue weighted by Gasteiger charge is -2.15. The van der Waals surface area contributed by atoms with Crippen LogP contribution in [-0.2, 0) is 12.3 Å². The smallest absolute Gasteiger partial charge is 0.267 e. The summed E-state index contributed by atoms with van der Waals surface area (Å²) >= 11 is 2.43. The first-order valence-corrected chi connectivity index (χ1v) is 14.9. The van der Waals surface area contributed by atoms with Gasteiger partial charge in [-0.15, -0.1) is 10.2 Å². The second-order valence-electron chi connectivity index (χ2n) is 9.59. The Balaban J connectivity index is 1.37. The number of aryl methyl sites for hydroxylation is 1. The first-order valence-electron chi connectivity index (χ1n) is 13.1. The molecule has 6 rings (SSSR count). The number of hydrogen-bond acceptors (Lipinski definition) is 9. The second kappa shape index (κ2) is 11.8. The van der Waals surface area contributed by atoms with Crippen molar-refractivity contribution in [2.75, 3.05) is 12.4 Å². The molecule has 0 radical (unpaired) electrons. The normalized spacial score (nSPS) is 11.2. The molecule has 10 nitrogen and oxygen atoms in total. The number of carbonyl (C=O) groups excluding carboxylic acids is 1. The predicted molar refractivity (Wildman–Crippen MR) is 163 cm³/mol. The Bertz CT molecular complexity index is 2120. The molecule has 0 spiro atoms. The van der Waals surface area contributed by atoms with Gasteiger partial charge >= 0.3 is 0 Å². The van der Waals surface area contributed by atoms with E-state index in [0.717, 1.165) is 22.5 Å². The highest BCUT2D eigenvalue weighted by molar-refractivity contribution is 8.00. The first kappa shape index (κ1) is 28.2. The van der Waals surface area contributed by atoms with Gasteiger partial charge in [-0.1, -0.05) is 59.5 Å². The fourth-order valence-electron chi connectivity index (χ4n) is 4.58. The van der Waals surface area contributed by atoms with Gasteiger partial charge in [0.25, 0.3) is 11.5 Å². The number of carbonyl (C=O) groups is 1. The number of ether oxygens (including phenoxy) is 1. The minimum absolute atomic E-state index is 0.0247. The number of aromatic nitrogens is 5. The van der Waals surface area contributed by atoms with Crippen molar-refractivity contribution >= 4 is 50.8 Å². The second-order valence-corrected chi connectivity index (χ2v) is 11.8. The monoisotopic (exact) mass is 613 g/mol. The maximum atomic E-state index is 14.0. The molecule has 13 heteroatoms. The van der Waals surface area contributed by atoms with E-state index >= 15 is 0 Å². The minimum Gasteiger partial charge on any atom is -0.497 e. The Hall–Kier alpha value is -4.88. The zero-order valence-corrected chi connectivity index (χ0v) is 24.6. The number of benzene rings is 2. The largest absolute Gasteiger partial charge is 0.497 e. The van der Waals surface area contributed by atoms with Crippen LogP contribution in [0.3, 0.4) is 0 Å². The summed E-state index contributed by atoms with van der Waals surface area (Å²) in [5, 5.41) is 20.3. The van der Waals surface area contributed by atoms with Crippen LogP contribution in [0.5, 0.6) is 5.75 Å². The lowest BCUT2D eigenvalue weighted by molar-refractivity contribution is 0.102. The zero-order chi connectivity index (χ0) is 30.1. The molecule has 0 aliphatic carbocycles. The van der Waals surface area contributed by atoms with E-state index in [1.54, 1.807) is 54.3 Å². The number of nitrogens with zero attached hydrogens (tertiary/aromatic N) is 5. The summed E-state index contributed by atoms with van der Waals surface area (Å²) in [4.78, 5) is 31.9. The molecule has 1 amide bonds. The van der Waals surface area contributed by atoms with Crippen molar-refractivity contribution < 1.29 is 13.9 Å². The fourth-order valence-corrected chi connectivity index (χ4v) is 6.31. The van der Waals surface area contributed by atoms with Crippen molar-refractivity contribution in [2.24, 2.45) is 0 Å². The highest BCUT2D eigenvalue weighted by Crippen LogP contribution is 2.29. The molecule has 0 fully saturated rings. The molecule has 0 saturated carbocycles. The van der Waals surface area contributed by atoms with Crippen LogP contribution < -0.4 is 21.1 Å². The summed E-state index contributed by atoms with van der Waals surface area (Å²) < 4.78 is 22.8. The van der Waals surface area contributed by atoms with Gasteiger partial charge in [0.05, 0.1) is 24.6 Å². The van der Waals surface area contributed by atoms with Gasteiger partial charge in [-0.25, -0.2) is 9.37 Å². The van der Waals surface area contributed by atoms with Gasteiger partial charge in [0.2, 0.25) is 5.13 Å². The van der Waals surface area contributed by atoms with Crippen molar-refractivity contribution in [3.05, 3.63) is 117 Å². The van der Waals surface area contributed by atoms with E-state index in [0.29, 0.717) is 32.7 Å². The van der Waals surface area contributed by atoms with E-state index in [9.17, 15) is 14.0 Å². The van der Waals surface area contributed by atoms with Crippen LogP contribution in [0.25, 0.3) is 16.7 Å². The van der Waals surface area contributed by atoms with E-state index in [4.69, 9.17) is 15.1 Å². The number of anilines is 1. The van der Waals surface area contributed by atoms with Crippen molar-refractivity contribution in [2.45, 2.75) is 23.6 Å². The highest BCUT2D eigenvalue weighted by atomic mass is 32.2. The van der Waals surface area contributed by atoms with Gasteiger partial charge in [0.1, 0.15) is 28.3 Å². The summed E-state index contributed by atoms with van der Waals surface area (Å²) in [6, 6.07) is 18.8. The van der Waals surface area contributed by atoms with Crippen molar-refractivity contribution in [1.82, 2.24) is 24.1 Å². The number of nitrogens with one attached hydrogen (secondary N) is 2. The van der Waals surface area contributed by atoms with Crippen molar-refractivity contribution in [3.8, 4) is 5.75 Å². The SMILES string of the molecule is COc1ccc(Cn2c(=N)c(C(=O)Nc3nnc(SCc4ccccc4F)s3)cc3c(=O)n4cccc(C)c4nc32)cc1. The minimum atomic E-state index is -0.620. The molecule has 2 N–H and O–H groups in total. The molecule has 0 aliphatic rings. The summed E-state index contributed by atoms with van der Waals surface area (Å²) in [6.45, 7) is 2.04. The fraction of sp³-hybridized carbons (Fsp3) is 0.133. The molecule has 0 saturated heterocycles. The quantitative estimate of drug-likeness (QED) is 0.140. The van der Waals surface area contributed by atoms with Crippen LogP contribution in [0.15, 0.2) is 82.1 Å². The Morgan fingerprint density at radius 2 is 1.88 bits per heavy atom. The lowest BCUT2D eigenvalue weighted by atomic mass is 10.1. The lowest BCUT2D eigenvalue weighted by Crippen LogP contribution is -2.32. The molecule has 0 bridgehead atoms. The predicted octanol–water partition coefficient (Wildman–Crippen LogP) is 5.03. The van der Waals surface area contributed by atoms with E-state index in [1.165, 1.54) is 28.3 Å². The number of pyridine rings is 2. The van der Waals surface area contributed by atoms with Gasteiger partial charge in [0.15, 0.2) is 4.34 Å². The standard InChI is InChI=1S/C30H24FN7O3S2/c1-17-6-5-13-37-25(17)33-26-22(28(37)40)14-21(24(32)38(26)15-18-9-11-20(41-2)12-10-18)27(39)34-29-35-36-30(43-29)42-16-19-7-3-4-8-23(19)31/h3-14,32H,15-16H2,1-2H3,(H,34,35,39). The Kier molecular flexibility index (Phi) is 7.74. The maximum absolute atomic E-state index is 14.0. The van der Waals surface area contributed by atoms with Crippen LogP contribution in [0.1, 0.15) is 27.0 Å². The van der Waals surface area contributed by atoms with Crippen LogP contribution in [0.2, 0.25) is 0 Å². The van der Waals surface area contributed by atoms with Crippen LogP contribution in [0.4, 0.5) is 9.52 Å². The highest BCUT2D eigenvalue weighted by Gasteiger charge is 2.20. The van der Waals surface area contributed by atoms with E-state index < -0.39 is 5.91 Å². The molecule has 43 heavy (non-hydrogen) atoms. The average molecular weight is 614 g/mol. The van der Waals surface area contributed by atoms with Gasteiger partial charge < -0.3 is 9.30 Å². The average Bonchev–Trinajstić information content (AvgIpc) is 3.46.